The molecule has 1 aliphatic heterocycles. The number of hydrogen-bond acceptors (Lipinski definition) is 8. The molecule has 3 N–H and O–H groups in total. The van der Waals surface area contributed by atoms with Gasteiger partial charge in [0, 0.05) is 52.6 Å². The lowest BCUT2D eigenvalue weighted by Gasteiger charge is -2.39. The molecule has 1 aliphatic carbocycles. The summed E-state index contributed by atoms with van der Waals surface area (Å²) in [6, 6.07) is 0. The molecule has 8 nitrogen and oxygen atoms in total. The third-order valence-corrected chi connectivity index (χ3v) is 5.85. The van der Waals surface area contributed by atoms with Crippen molar-refractivity contribution in [2.45, 2.75) is 68.7 Å². The monoisotopic (exact) mass is 390 g/mol. The van der Waals surface area contributed by atoms with Crippen molar-refractivity contribution in [3.8, 4) is 0 Å². The lowest BCUT2D eigenvalue weighted by atomic mass is 9.79. The molecular weight excluding hydrogens is 356 g/mol. The number of hydrogen-bond donors (Lipinski definition) is 3. The average molecular weight is 390 g/mol. The minimum atomic E-state index is -1.33. The number of rotatable bonds is 11. The summed E-state index contributed by atoms with van der Waals surface area (Å²) in [5.41, 5.74) is -1.33. The van der Waals surface area contributed by atoms with Gasteiger partial charge in [-0.15, -0.1) is 0 Å². The predicted molar refractivity (Wildman–Crippen MR) is 96.1 cm³/mol. The fourth-order valence-corrected chi connectivity index (χ4v) is 4.62. The molecule has 0 amide bonds. The highest BCUT2D eigenvalue weighted by molar-refractivity contribution is 5.49. The summed E-state index contributed by atoms with van der Waals surface area (Å²) in [6.45, 7) is 1.02. The van der Waals surface area contributed by atoms with Crippen LogP contribution < -0.4 is 0 Å². The third kappa shape index (κ3) is 5.69. The van der Waals surface area contributed by atoms with Gasteiger partial charge in [-0.1, -0.05) is 0 Å². The Morgan fingerprint density at radius 3 is 2.48 bits per heavy atom. The van der Waals surface area contributed by atoms with Crippen LogP contribution in [0, 0.1) is 11.8 Å². The summed E-state index contributed by atoms with van der Waals surface area (Å²) in [6.07, 6.45) is 1.22. The summed E-state index contributed by atoms with van der Waals surface area (Å²) < 4.78 is 22.1. The normalized spacial score (nSPS) is 33.5. The Balaban J connectivity index is 2.14. The Labute approximate surface area is 160 Å². The first-order valence-corrected chi connectivity index (χ1v) is 9.72. The molecule has 0 spiro atoms. The SMILES string of the molecule is COC(OC)[C@@H]1C(CCC=O)[C@@H](O)C[C@]1(O)CC(CO)OC1CCOCC1. The highest BCUT2D eigenvalue weighted by atomic mass is 16.7. The van der Waals surface area contributed by atoms with E-state index in [1.54, 1.807) is 0 Å². The summed E-state index contributed by atoms with van der Waals surface area (Å²) in [4.78, 5) is 10.8. The van der Waals surface area contributed by atoms with E-state index in [2.05, 4.69) is 0 Å². The largest absolute Gasteiger partial charge is 0.394 e. The molecule has 1 saturated carbocycles. The van der Waals surface area contributed by atoms with Gasteiger partial charge >= 0.3 is 0 Å². The Kier molecular flexibility index (Phi) is 9.07. The molecule has 2 rings (SSSR count). The maximum Gasteiger partial charge on any atom is 0.162 e. The quantitative estimate of drug-likeness (QED) is 0.340. The molecule has 0 bridgehead atoms. The second-order valence-corrected chi connectivity index (χ2v) is 7.61. The highest BCUT2D eigenvalue weighted by Crippen LogP contribution is 2.48. The fraction of sp³-hybridized carbons (Fsp3) is 0.947. The minimum absolute atomic E-state index is 0.0178. The second kappa shape index (κ2) is 10.8. The van der Waals surface area contributed by atoms with Crippen LogP contribution in [0.4, 0.5) is 0 Å². The number of ether oxygens (including phenoxy) is 4. The predicted octanol–water partition coefficient (Wildman–Crippen LogP) is 0.259. The van der Waals surface area contributed by atoms with Crippen LogP contribution in [0.15, 0.2) is 0 Å². The van der Waals surface area contributed by atoms with Gasteiger partial charge in [0.15, 0.2) is 6.29 Å². The van der Waals surface area contributed by atoms with Gasteiger partial charge in [0.05, 0.1) is 30.5 Å². The van der Waals surface area contributed by atoms with Gasteiger partial charge in [-0.05, 0) is 25.2 Å². The van der Waals surface area contributed by atoms with Crippen molar-refractivity contribution in [2.75, 3.05) is 34.0 Å². The first kappa shape index (κ1) is 22.7. The molecule has 0 aromatic carbocycles. The number of aliphatic hydroxyl groups excluding tert-OH is 2. The Morgan fingerprint density at radius 1 is 1.26 bits per heavy atom. The van der Waals surface area contributed by atoms with Gasteiger partial charge in [-0.2, -0.15) is 0 Å². The molecule has 5 atom stereocenters. The van der Waals surface area contributed by atoms with Gasteiger partial charge in [0.2, 0.25) is 0 Å². The summed E-state index contributed by atoms with van der Waals surface area (Å²) in [7, 11) is 2.97. The molecule has 2 aliphatic rings. The van der Waals surface area contributed by atoms with Gasteiger partial charge < -0.3 is 39.1 Å². The molecule has 8 heteroatoms. The topological polar surface area (TPSA) is 115 Å². The first-order chi connectivity index (χ1) is 13.0. The lowest BCUT2D eigenvalue weighted by molar-refractivity contribution is -0.201. The summed E-state index contributed by atoms with van der Waals surface area (Å²) >= 11 is 0. The minimum Gasteiger partial charge on any atom is -0.394 e. The standard InChI is InChI=1S/C19H34O8/c1-24-18(25-2)17-15(4-3-7-20)16(22)11-19(17,23)10-14(12-21)27-13-5-8-26-9-6-13/h7,13-18,21-23H,3-6,8-12H2,1-2H3/t14?,15?,16-,17-,19+/m0/s1. The second-order valence-electron chi connectivity index (χ2n) is 7.61. The lowest BCUT2D eigenvalue weighted by Crippen LogP contribution is -2.48. The van der Waals surface area contributed by atoms with Crippen molar-refractivity contribution in [1.82, 2.24) is 0 Å². The van der Waals surface area contributed by atoms with Crippen LogP contribution in [0.2, 0.25) is 0 Å². The smallest absolute Gasteiger partial charge is 0.162 e. The third-order valence-electron chi connectivity index (χ3n) is 5.85. The van der Waals surface area contributed by atoms with E-state index in [1.165, 1.54) is 14.2 Å². The van der Waals surface area contributed by atoms with Crippen LogP contribution in [0.1, 0.15) is 38.5 Å². The van der Waals surface area contributed by atoms with Crippen molar-refractivity contribution in [1.29, 1.82) is 0 Å². The molecule has 0 radical (unpaired) electrons. The van der Waals surface area contributed by atoms with Crippen LogP contribution in [-0.4, -0.2) is 85.8 Å². The summed E-state index contributed by atoms with van der Waals surface area (Å²) in [5, 5.41) is 31.8. The molecule has 27 heavy (non-hydrogen) atoms. The van der Waals surface area contributed by atoms with E-state index < -0.39 is 30.0 Å². The zero-order valence-electron chi connectivity index (χ0n) is 16.3. The van der Waals surface area contributed by atoms with Crippen LogP contribution in [0.5, 0.6) is 0 Å². The van der Waals surface area contributed by atoms with Crippen molar-refractivity contribution in [2.24, 2.45) is 11.8 Å². The highest BCUT2D eigenvalue weighted by Gasteiger charge is 2.56. The van der Waals surface area contributed by atoms with E-state index in [-0.39, 0.29) is 37.9 Å². The Bertz CT molecular complexity index is 437. The van der Waals surface area contributed by atoms with Crippen LogP contribution in [-0.2, 0) is 23.7 Å². The van der Waals surface area contributed by atoms with Crippen molar-refractivity contribution in [3.05, 3.63) is 0 Å². The van der Waals surface area contributed by atoms with E-state index in [9.17, 15) is 20.1 Å². The van der Waals surface area contributed by atoms with Gasteiger partial charge in [0.1, 0.15) is 6.29 Å². The van der Waals surface area contributed by atoms with Crippen LogP contribution in [0.25, 0.3) is 0 Å². The number of carbonyl (C=O) groups is 1. The molecule has 1 saturated heterocycles. The number of methoxy groups -OCH3 is 2. The molecule has 158 valence electrons. The maximum absolute atomic E-state index is 11.4. The van der Waals surface area contributed by atoms with E-state index in [0.29, 0.717) is 19.6 Å². The molecular formula is C19H34O8. The average Bonchev–Trinajstić information content (AvgIpc) is 2.91. The maximum atomic E-state index is 11.4. The van der Waals surface area contributed by atoms with E-state index in [0.717, 1.165) is 19.1 Å². The zero-order valence-corrected chi connectivity index (χ0v) is 16.3. The number of carbonyl (C=O) groups excluding carboxylic acids is 1. The number of aldehydes is 1. The van der Waals surface area contributed by atoms with Crippen molar-refractivity contribution < 1.29 is 39.1 Å². The first-order valence-electron chi connectivity index (χ1n) is 9.72. The molecule has 0 aromatic heterocycles. The fourth-order valence-electron chi connectivity index (χ4n) is 4.62. The van der Waals surface area contributed by atoms with Gasteiger partial charge in [-0.25, -0.2) is 0 Å². The zero-order chi connectivity index (χ0) is 19.9. The Hall–Kier alpha value is -0.610. The van der Waals surface area contributed by atoms with Crippen LogP contribution >= 0.6 is 0 Å². The van der Waals surface area contributed by atoms with Gasteiger partial charge in [-0.3, -0.25) is 0 Å². The van der Waals surface area contributed by atoms with E-state index in [4.69, 9.17) is 18.9 Å². The van der Waals surface area contributed by atoms with Crippen LogP contribution in [0.3, 0.4) is 0 Å². The molecule has 2 unspecified atom stereocenters. The Morgan fingerprint density at radius 2 is 1.93 bits per heavy atom. The van der Waals surface area contributed by atoms with Gasteiger partial charge in [0.25, 0.3) is 0 Å². The molecule has 1 heterocycles. The van der Waals surface area contributed by atoms with E-state index >= 15 is 0 Å². The number of aliphatic hydroxyl groups is 3. The summed E-state index contributed by atoms with van der Waals surface area (Å²) in [5.74, 6) is -0.873. The van der Waals surface area contributed by atoms with Crippen molar-refractivity contribution >= 4 is 6.29 Å². The molecule has 0 aromatic rings. The molecule has 2 fully saturated rings. The van der Waals surface area contributed by atoms with E-state index in [1.807, 2.05) is 0 Å². The van der Waals surface area contributed by atoms with Crippen molar-refractivity contribution in [3.63, 3.8) is 0 Å².